The highest BCUT2D eigenvalue weighted by molar-refractivity contribution is 5.77. The van der Waals surface area contributed by atoms with Crippen molar-refractivity contribution in [1.29, 1.82) is 5.26 Å². The van der Waals surface area contributed by atoms with E-state index in [0.29, 0.717) is 24.5 Å². The van der Waals surface area contributed by atoms with Crippen LogP contribution in [0.15, 0.2) is 24.3 Å². The molecule has 0 bridgehead atoms. The number of carbonyl (C=O) groups excluding carboxylic acids is 1. The van der Waals surface area contributed by atoms with Gasteiger partial charge in [-0.2, -0.15) is 5.26 Å². The Kier molecular flexibility index (Phi) is 6.70. The predicted octanol–water partition coefficient (Wildman–Crippen LogP) is 2.12. The quantitative estimate of drug-likeness (QED) is 0.796. The van der Waals surface area contributed by atoms with Gasteiger partial charge in [0.1, 0.15) is 5.75 Å². The van der Waals surface area contributed by atoms with E-state index in [1.54, 1.807) is 31.4 Å². The fourth-order valence-electron chi connectivity index (χ4n) is 1.63. The number of nitriles is 1. The molecule has 114 valence electrons. The lowest BCUT2D eigenvalue weighted by molar-refractivity contribution is -0.123. The highest BCUT2D eigenvalue weighted by Gasteiger charge is 2.18. The molecule has 1 rings (SSSR count). The zero-order valence-electron chi connectivity index (χ0n) is 12.8. The minimum atomic E-state index is -0.162. The largest absolute Gasteiger partial charge is 0.484 e. The lowest BCUT2D eigenvalue weighted by atomic mass is 9.90. The standard InChI is InChI=1S/C16H22N2O3/c1-16(2,8-9-20-3)12-18-15(19)11-21-14-6-4-13(10-17)5-7-14/h4-7H,8-9,11-12H2,1-3H3,(H,18,19). The highest BCUT2D eigenvalue weighted by atomic mass is 16.5. The minimum Gasteiger partial charge on any atom is -0.484 e. The third-order valence-corrected chi connectivity index (χ3v) is 3.10. The molecular weight excluding hydrogens is 268 g/mol. The van der Waals surface area contributed by atoms with Gasteiger partial charge in [0, 0.05) is 20.3 Å². The molecule has 1 amide bonds. The van der Waals surface area contributed by atoms with Gasteiger partial charge in [-0.15, -0.1) is 0 Å². The molecule has 5 nitrogen and oxygen atoms in total. The molecule has 0 unspecified atom stereocenters. The maximum Gasteiger partial charge on any atom is 0.257 e. The third-order valence-electron chi connectivity index (χ3n) is 3.10. The molecule has 1 aromatic carbocycles. The summed E-state index contributed by atoms with van der Waals surface area (Å²) in [5.74, 6) is 0.410. The molecule has 21 heavy (non-hydrogen) atoms. The van der Waals surface area contributed by atoms with Crippen LogP contribution in [0.4, 0.5) is 0 Å². The Bertz CT molecular complexity index is 489. The zero-order valence-corrected chi connectivity index (χ0v) is 12.8. The number of nitrogens with one attached hydrogen (secondary N) is 1. The SMILES string of the molecule is COCCC(C)(C)CNC(=O)COc1ccc(C#N)cc1. The summed E-state index contributed by atoms with van der Waals surface area (Å²) in [5, 5.41) is 11.5. The molecule has 0 radical (unpaired) electrons. The van der Waals surface area contributed by atoms with Gasteiger partial charge in [-0.25, -0.2) is 0 Å². The lowest BCUT2D eigenvalue weighted by Crippen LogP contribution is -2.37. The van der Waals surface area contributed by atoms with E-state index in [1.807, 2.05) is 6.07 Å². The van der Waals surface area contributed by atoms with Crippen molar-refractivity contribution in [2.75, 3.05) is 26.9 Å². The number of hydrogen-bond acceptors (Lipinski definition) is 4. The molecule has 0 saturated heterocycles. The molecule has 0 aliphatic heterocycles. The molecule has 0 aliphatic carbocycles. The first kappa shape index (κ1) is 17.0. The van der Waals surface area contributed by atoms with Crippen molar-refractivity contribution in [3.8, 4) is 11.8 Å². The summed E-state index contributed by atoms with van der Waals surface area (Å²) < 4.78 is 10.4. The summed E-state index contributed by atoms with van der Waals surface area (Å²) in [6.07, 6.45) is 0.875. The second-order valence-corrected chi connectivity index (χ2v) is 5.61. The summed E-state index contributed by atoms with van der Waals surface area (Å²) in [4.78, 5) is 11.7. The van der Waals surface area contributed by atoms with Crippen LogP contribution in [-0.4, -0.2) is 32.8 Å². The first-order valence-corrected chi connectivity index (χ1v) is 6.85. The van der Waals surface area contributed by atoms with Gasteiger partial charge >= 0.3 is 0 Å². The smallest absolute Gasteiger partial charge is 0.257 e. The van der Waals surface area contributed by atoms with Crippen molar-refractivity contribution in [3.63, 3.8) is 0 Å². The molecule has 0 fully saturated rings. The molecule has 0 heterocycles. The van der Waals surface area contributed by atoms with Crippen LogP contribution in [-0.2, 0) is 9.53 Å². The minimum absolute atomic E-state index is 0.0138. The van der Waals surface area contributed by atoms with E-state index in [9.17, 15) is 4.79 Å². The molecule has 5 heteroatoms. The first-order valence-electron chi connectivity index (χ1n) is 6.85. The monoisotopic (exact) mass is 290 g/mol. The molecule has 0 atom stereocenters. The number of carbonyl (C=O) groups is 1. The third kappa shape index (κ3) is 6.77. The Morgan fingerprint density at radius 3 is 2.57 bits per heavy atom. The van der Waals surface area contributed by atoms with Crippen LogP contribution in [0.25, 0.3) is 0 Å². The fraction of sp³-hybridized carbons (Fsp3) is 0.500. The number of nitrogens with zero attached hydrogens (tertiary/aromatic N) is 1. The lowest BCUT2D eigenvalue weighted by Gasteiger charge is -2.24. The Balaban J connectivity index is 2.32. The van der Waals surface area contributed by atoms with E-state index in [2.05, 4.69) is 19.2 Å². The van der Waals surface area contributed by atoms with Gasteiger partial charge in [0.05, 0.1) is 11.6 Å². The van der Waals surface area contributed by atoms with E-state index >= 15 is 0 Å². The maximum absolute atomic E-state index is 11.7. The van der Waals surface area contributed by atoms with Crippen LogP contribution in [0.1, 0.15) is 25.8 Å². The summed E-state index contributed by atoms with van der Waals surface area (Å²) in [7, 11) is 1.67. The Morgan fingerprint density at radius 1 is 1.33 bits per heavy atom. The number of methoxy groups -OCH3 is 1. The van der Waals surface area contributed by atoms with E-state index in [0.717, 1.165) is 6.42 Å². The molecule has 0 aromatic heterocycles. The van der Waals surface area contributed by atoms with E-state index in [4.69, 9.17) is 14.7 Å². The second-order valence-electron chi connectivity index (χ2n) is 5.61. The van der Waals surface area contributed by atoms with E-state index in [-0.39, 0.29) is 17.9 Å². The molecule has 0 spiro atoms. The van der Waals surface area contributed by atoms with Crippen molar-refractivity contribution in [2.45, 2.75) is 20.3 Å². The Morgan fingerprint density at radius 2 is 2.00 bits per heavy atom. The summed E-state index contributed by atoms with van der Waals surface area (Å²) >= 11 is 0. The summed E-state index contributed by atoms with van der Waals surface area (Å²) in [6, 6.07) is 8.69. The second kappa shape index (κ2) is 8.28. The van der Waals surface area contributed by atoms with Gasteiger partial charge in [-0.1, -0.05) is 13.8 Å². The Hall–Kier alpha value is -2.06. The van der Waals surface area contributed by atoms with Crippen LogP contribution in [0, 0.1) is 16.7 Å². The molecule has 1 N–H and O–H groups in total. The van der Waals surface area contributed by atoms with Crippen molar-refractivity contribution in [3.05, 3.63) is 29.8 Å². The topological polar surface area (TPSA) is 71.3 Å². The van der Waals surface area contributed by atoms with Crippen molar-refractivity contribution in [1.82, 2.24) is 5.32 Å². The highest BCUT2D eigenvalue weighted by Crippen LogP contribution is 2.18. The number of rotatable bonds is 8. The fourth-order valence-corrected chi connectivity index (χ4v) is 1.63. The number of benzene rings is 1. The average Bonchev–Trinajstić information content (AvgIpc) is 2.49. The number of hydrogen-bond donors (Lipinski definition) is 1. The average molecular weight is 290 g/mol. The van der Waals surface area contributed by atoms with Crippen molar-refractivity contribution in [2.24, 2.45) is 5.41 Å². The van der Waals surface area contributed by atoms with Crippen molar-refractivity contribution < 1.29 is 14.3 Å². The van der Waals surface area contributed by atoms with Crippen LogP contribution >= 0.6 is 0 Å². The van der Waals surface area contributed by atoms with Crippen LogP contribution in [0.5, 0.6) is 5.75 Å². The van der Waals surface area contributed by atoms with E-state index < -0.39 is 0 Å². The van der Waals surface area contributed by atoms with Gasteiger partial charge in [0.25, 0.3) is 5.91 Å². The molecular formula is C16H22N2O3. The van der Waals surface area contributed by atoms with Crippen LogP contribution < -0.4 is 10.1 Å². The van der Waals surface area contributed by atoms with Crippen LogP contribution in [0.2, 0.25) is 0 Å². The van der Waals surface area contributed by atoms with E-state index in [1.165, 1.54) is 0 Å². The number of ether oxygens (including phenoxy) is 2. The van der Waals surface area contributed by atoms with Gasteiger partial charge in [-0.05, 0) is 36.1 Å². The van der Waals surface area contributed by atoms with Crippen LogP contribution in [0.3, 0.4) is 0 Å². The van der Waals surface area contributed by atoms with Gasteiger partial charge in [0.2, 0.25) is 0 Å². The molecule has 0 aliphatic rings. The van der Waals surface area contributed by atoms with Gasteiger partial charge in [-0.3, -0.25) is 4.79 Å². The van der Waals surface area contributed by atoms with Gasteiger partial charge in [0.15, 0.2) is 6.61 Å². The summed E-state index contributed by atoms with van der Waals surface area (Å²) in [5.41, 5.74) is 0.548. The normalized spacial score (nSPS) is 10.8. The Labute approximate surface area is 125 Å². The zero-order chi connectivity index (χ0) is 15.7. The van der Waals surface area contributed by atoms with Gasteiger partial charge < -0.3 is 14.8 Å². The maximum atomic E-state index is 11.7. The predicted molar refractivity (Wildman–Crippen MR) is 79.9 cm³/mol. The summed E-state index contributed by atoms with van der Waals surface area (Å²) in [6.45, 7) is 5.37. The first-order chi connectivity index (χ1) is 9.96. The van der Waals surface area contributed by atoms with Crippen molar-refractivity contribution >= 4 is 5.91 Å². The molecule has 0 saturated carbocycles. The molecule has 1 aromatic rings. The number of amides is 1.